The number of hydrogen-bond acceptors (Lipinski definition) is 3. The zero-order valence-corrected chi connectivity index (χ0v) is 14.4. The van der Waals surface area contributed by atoms with Crippen LogP contribution >= 0.6 is 0 Å². The van der Waals surface area contributed by atoms with Gasteiger partial charge < -0.3 is 0 Å². The van der Waals surface area contributed by atoms with Gasteiger partial charge in [0.2, 0.25) is 10.0 Å². The molecule has 0 aliphatic carbocycles. The molecule has 0 aromatic heterocycles. The molecule has 1 aromatic rings. The fraction of sp³-hybridized carbons (Fsp3) is 0.562. The third kappa shape index (κ3) is 3.28. The number of aryl methyl sites for hydroxylation is 1. The van der Waals surface area contributed by atoms with Crippen molar-refractivity contribution in [2.24, 2.45) is 10.6 Å². The van der Waals surface area contributed by atoms with Crippen molar-refractivity contribution < 1.29 is 8.42 Å². The van der Waals surface area contributed by atoms with Crippen molar-refractivity contribution in [1.29, 1.82) is 5.26 Å². The predicted octanol–water partition coefficient (Wildman–Crippen LogP) is 3.09. The molecule has 0 atom stereocenters. The van der Waals surface area contributed by atoms with Crippen molar-refractivity contribution in [3.05, 3.63) is 28.8 Å². The van der Waals surface area contributed by atoms with Gasteiger partial charge in [-0.1, -0.05) is 41.5 Å². The van der Waals surface area contributed by atoms with E-state index in [4.69, 9.17) is 5.14 Å². The lowest BCUT2D eigenvalue weighted by atomic mass is 9.65. The van der Waals surface area contributed by atoms with Crippen molar-refractivity contribution in [2.75, 3.05) is 0 Å². The molecule has 0 fully saturated rings. The highest BCUT2D eigenvalue weighted by atomic mass is 32.2. The first-order valence-electron chi connectivity index (χ1n) is 6.96. The highest BCUT2D eigenvalue weighted by Gasteiger charge is 2.38. The lowest BCUT2D eigenvalue weighted by Gasteiger charge is -2.40. The minimum atomic E-state index is -3.84. The Morgan fingerprint density at radius 2 is 1.71 bits per heavy atom. The summed E-state index contributed by atoms with van der Waals surface area (Å²) in [6.07, 6.45) is 0.585. The first kappa shape index (κ1) is 17.7. The maximum atomic E-state index is 12.0. The maximum Gasteiger partial charge on any atom is 0.238 e. The van der Waals surface area contributed by atoms with Crippen molar-refractivity contribution in [2.45, 2.75) is 58.3 Å². The van der Waals surface area contributed by atoms with Crippen LogP contribution in [0.4, 0.5) is 0 Å². The molecule has 0 saturated carbocycles. The van der Waals surface area contributed by atoms with Crippen LogP contribution in [0.5, 0.6) is 0 Å². The van der Waals surface area contributed by atoms with E-state index in [1.165, 1.54) is 0 Å². The summed E-state index contributed by atoms with van der Waals surface area (Å²) >= 11 is 0. The van der Waals surface area contributed by atoms with E-state index in [0.717, 1.165) is 0 Å². The van der Waals surface area contributed by atoms with Crippen molar-refractivity contribution in [1.82, 2.24) is 0 Å². The van der Waals surface area contributed by atoms with Crippen LogP contribution in [-0.4, -0.2) is 8.42 Å². The monoisotopic (exact) mass is 308 g/mol. The van der Waals surface area contributed by atoms with Gasteiger partial charge in [0, 0.05) is 0 Å². The Morgan fingerprint density at radius 3 is 2.05 bits per heavy atom. The highest BCUT2D eigenvalue weighted by Crippen LogP contribution is 2.43. The smallest absolute Gasteiger partial charge is 0.225 e. The maximum absolute atomic E-state index is 12.0. The van der Waals surface area contributed by atoms with Gasteiger partial charge in [-0.3, -0.25) is 0 Å². The van der Waals surface area contributed by atoms with Crippen LogP contribution < -0.4 is 5.14 Å². The normalized spacial score (nSPS) is 13.0. The van der Waals surface area contributed by atoms with E-state index in [-0.39, 0.29) is 10.3 Å². The molecule has 0 amide bonds. The van der Waals surface area contributed by atoms with Crippen molar-refractivity contribution >= 4 is 10.0 Å². The van der Waals surface area contributed by atoms with E-state index in [1.807, 2.05) is 41.5 Å². The second-order valence-electron chi connectivity index (χ2n) is 6.89. The molecule has 0 spiro atoms. The number of nitrogens with zero attached hydrogens (tertiary/aromatic N) is 1. The zero-order chi connectivity index (χ0) is 16.6. The quantitative estimate of drug-likeness (QED) is 0.931. The molecular formula is C16H24N2O2S. The lowest BCUT2D eigenvalue weighted by Crippen LogP contribution is -2.36. The number of benzene rings is 1. The van der Waals surface area contributed by atoms with Crippen LogP contribution in [0, 0.1) is 16.7 Å². The molecule has 1 aromatic carbocycles. The van der Waals surface area contributed by atoms with E-state index in [2.05, 4.69) is 6.07 Å². The molecule has 0 unspecified atom stereocenters. The van der Waals surface area contributed by atoms with Crippen LogP contribution in [-0.2, 0) is 21.9 Å². The number of hydrogen-bond donors (Lipinski definition) is 1. The number of sulfonamides is 1. The molecule has 21 heavy (non-hydrogen) atoms. The number of nitrogens with two attached hydrogens (primary N) is 1. The molecule has 2 N–H and O–H groups in total. The summed E-state index contributed by atoms with van der Waals surface area (Å²) in [5.41, 5.74) is 1.18. The number of rotatable bonds is 3. The summed E-state index contributed by atoms with van der Waals surface area (Å²) in [6, 6.07) is 5.39. The second-order valence-corrected chi connectivity index (χ2v) is 8.42. The molecule has 0 heterocycles. The Hall–Kier alpha value is -1.38. The average molecular weight is 308 g/mol. The molecule has 0 aliphatic heterocycles. The lowest BCUT2D eigenvalue weighted by molar-refractivity contribution is 0.221. The SMILES string of the molecule is CCc1cc(S(N)(=O)=O)c(C(C)(C)C(C)(C)C)cc1C#N. The minimum Gasteiger partial charge on any atom is -0.225 e. The van der Waals surface area contributed by atoms with Gasteiger partial charge in [0.25, 0.3) is 0 Å². The number of nitriles is 1. The highest BCUT2D eigenvalue weighted by molar-refractivity contribution is 7.89. The van der Waals surface area contributed by atoms with Crippen LogP contribution in [0.15, 0.2) is 17.0 Å². The molecule has 4 nitrogen and oxygen atoms in total. The molecule has 116 valence electrons. The minimum absolute atomic E-state index is 0.123. The molecule has 0 radical (unpaired) electrons. The van der Waals surface area contributed by atoms with E-state index >= 15 is 0 Å². The Kier molecular flexibility index (Phi) is 4.57. The molecule has 1 rings (SSSR count). The van der Waals surface area contributed by atoms with Gasteiger partial charge in [0.15, 0.2) is 0 Å². The van der Waals surface area contributed by atoms with Crippen molar-refractivity contribution in [3.8, 4) is 6.07 Å². The second kappa shape index (κ2) is 5.43. The van der Waals surface area contributed by atoms with Gasteiger partial charge in [-0.2, -0.15) is 5.26 Å². The van der Waals surface area contributed by atoms with Crippen LogP contribution in [0.3, 0.4) is 0 Å². The van der Waals surface area contributed by atoms with Gasteiger partial charge in [-0.05, 0) is 40.5 Å². The van der Waals surface area contributed by atoms with E-state index in [9.17, 15) is 13.7 Å². The van der Waals surface area contributed by atoms with E-state index in [0.29, 0.717) is 23.1 Å². The first-order chi connectivity index (χ1) is 9.36. The summed E-state index contributed by atoms with van der Waals surface area (Å²) in [6.45, 7) is 12.0. The first-order valence-corrected chi connectivity index (χ1v) is 8.51. The van der Waals surface area contributed by atoms with Gasteiger partial charge in [0.05, 0.1) is 16.5 Å². The van der Waals surface area contributed by atoms with Gasteiger partial charge in [-0.25, -0.2) is 13.6 Å². The Morgan fingerprint density at radius 1 is 1.19 bits per heavy atom. The van der Waals surface area contributed by atoms with Gasteiger partial charge >= 0.3 is 0 Å². The summed E-state index contributed by atoms with van der Waals surface area (Å²) < 4.78 is 24.0. The zero-order valence-electron chi connectivity index (χ0n) is 13.6. The van der Waals surface area contributed by atoms with Gasteiger partial charge in [0.1, 0.15) is 0 Å². The van der Waals surface area contributed by atoms with E-state index < -0.39 is 15.4 Å². The predicted molar refractivity (Wildman–Crippen MR) is 84.4 cm³/mol. The van der Waals surface area contributed by atoms with Crippen LogP contribution in [0.2, 0.25) is 0 Å². The largest absolute Gasteiger partial charge is 0.238 e. The number of primary sulfonamides is 1. The molecule has 5 heteroatoms. The fourth-order valence-electron chi connectivity index (χ4n) is 2.15. The van der Waals surface area contributed by atoms with E-state index in [1.54, 1.807) is 12.1 Å². The van der Waals surface area contributed by atoms with Crippen LogP contribution in [0.1, 0.15) is 58.2 Å². The third-order valence-electron chi connectivity index (χ3n) is 4.56. The summed E-state index contributed by atoms with van der Waals surface area (Å²) in [4.78, 5) is 0.123. The summed E-state index contributed by atoms with van der Waals surface area (Å²) in [5, 5.41) is 14.7. The molecule has 0 saturated heterocycles. The van der Waals surface area contributed by atoms with Crippen molar-refractivity contribution in [3.63, 3.8) is 0 Å². The van der Waals surface area contributed by atoms with Crippen LogP contribution in [0.25, 0.3) is 0 Å². The standard InChI is InChI=1S/C16H24N2O2S/c1-7-11-9-14(21(18,19)20)13(8-12(11)10-17)16(5,6)15(2,3)4/h8-9H,7H2,1-6H3,(H2,18,19,20). The summed E-state index contributed by atoms with van der Waals surface area (Å²) in [7, 11) is -3.84. The Labute approximate surface area is 128 Å². The average Bonchev–Trinajstić information content (AvgIpc) is 2.34. The summed E-state index contributed by atoms with van der Waals surface area (Å²) in [5.74, 6) is 0. The molecule has 0 bridgehead atoms. The Bertz CT molecular complexity index is 690. The topological polar surface area (TPSA) is 84.0 Å². The third-order valence-corrected chi connectivity index (χ3v) is 5.51. The molecule has 0 aliphatic rings. The Balaban J connectivity index is 3.85. The van der Waals surface area contributed by atoms with Gasteiger partial charge in [-0.15, -0.1) is 0 Å². The fourth-order valence-corrected chi connectivity index (χ4v) is 3.07. The molecular weight excluding hydrogens is 284 g/mol.